The first-order valence-corrected chi connectivity index (χ1v) is 5.35. The number of rotatable bonds is 5. The number of nitrogens with zero attached hydrogens (tertiary/aromatic N) is 3. The molecule has 0 aliphatic heterocycles. The molecule has 2 rings (SSSR count). The maximum Gasteiger partial charge on any atom is 0.157 e. The third-order valence-electron chi connectivity index (χ3n) is 2.41. The lowest BCUT2D eigenvalue weighted by Crippen LogP contribution is -2.18. The summed E-state index contributed by atoms with van der Waals surface area (Å²) in [4.78, 5) is 4.43. The van der Waals surface area contributed by atoms with Crippen LogP contribution in [0.2, 0.25) is 0 Å². The van der Waals surface area contributed by atoms with Crippen molar-refractivity contribution in [3.05, 3.63) is 24.5 Å². The molecular formula is C11H16N4O. The van der Waals surface area contributed by atoms with E-state index in [9.17, 15) is 0 Å². The smallest absolute Gasteiger partial charge is 0.157 e. The van der Waals surface area contributed by atoms with Crippen LogP contribution in [0.5, 0.6) is 0 Å². The van der Waals surface area contributed by atoms with Crippen molar-refractivity contribution in [3.63, 3.8) is 0 Å². The van der Waals surface area contributed by atoms with Gasteiger partial charge in [-0.15, -0.1) is 0 Å². The molecule has 0 spiro atoms. The monoisotopic (exact) mass is 220 g/mol. The Morgan fingerprint density at radius 1 is 1.50 bits per heavy atom. The lowest BCUT2D eigenvalue weighted by atomic mass is 10.2. The Bertz CT molecular complexity index is 454. The van der Waals surface area contributed by atoms with E-state index in [0.29, 0.717) is 6.04 Å². The van der Waals surface area contributed by atoms with E-state index in [4.69, 9.17) is 4.74 Å². The van der Waals surface area contributed by atoms with Crippen LogP contribution in [-0.2, 0) is 4.74 Å². The van der Waals surface area contributed by atoms with E-state index in [1.54, 1.807) is 17.8 Å². The fourth-order valence-corrected chi connectivity index (χ4v) is 1.51. The van der Waals surface area contributed by atoms with Crippen LogP contribution >= 0.6 is 0 Å². The van der Waals surface area contributed by atoms with Crippen LogP contribution < -0.4 is 5.32 Å². The minimum atomic E-state index is 0.345. The zero-order valence-corrected chi connectivity index (χ0v) is 9.55. The van der Waals surface area contributed by atoms with Gasteiger partial charge >= 0.3 is 0 Å². The van der Waals surface area contributed by atoms with Gasteiger partial charge < -0.3 is 10.1 Å². The average molecular weight is 220 g/mol. The standard InChI is InChI=1S/C11H16N4O/c1-9(5-8-16-2)13-10-4-7-15-11(14-10)3-6-12-15/h3-4,6-7,9H,5,8H2,1-2H3,(H,13,14). The van der Waals surface area contributed by atoms with Crippen molar-refractivity contribution in [2.45, 2.75) is 19.4 Å². The molecule has 0 fully saturated rings. The number of nitrogens with one attached hydrogen (secondary N) is 1. The largest absolute Gasteiger partial charge is 0.385 e. The Kier molecular flexibility index (Phi) is 3.36. The summed E-state index contributed by atoms with van der Waals surface area (Å²) in [6.07, 6.45) is 4.59. The van der Waals surface area contributed by atoms with Crippen LogP contribution in [0.25, 0.3) is 5.65 Å². The molecule has 86 valence electrons. The molecule has 2 heterocycles. The lowest BCUT2D eigenvalue weighted by Gasteiger charge is -2.13. The molecule has 2 aromatic heterocycles. The second kappa shape index (κ2) is 4.94. The lowest BCUT2D eigenvalue weighted by molar-refractivity contribution is 0.191. The molecule has 1 atom stereocenters. The van der Waals surface area contributed by atoms with Gasteiger partial charge in [-0.2, -0.15) is 5.10 Å². The van der Waals surface area contributed by atoms with E-state index in [0.717, 1.165) is 24.5 Å². The predicted molar refractivity (Wildman–Crippen MR) is 62.6 cm³/mol. The van der Waals surface area contributed by atoms with Crippen LogP contribution in [0.15, 0.2) is 24.5 Å². The highest BCUT2D eigenvalue weighted by atomic mass is 16.5. The minimum absolute atomic E-state index is 0.345. The number of hydrogen-bond acceptors (Lipinski definition) is 4. The molecule has 2 aromatic rings. The Morgan fingerprint density at radius 3 is 3.19 bits per heavy atom. The molecule has 0 aliphatic carbocycles. The number of methoxy groups -OCH3 is 1. The highest BCUT2D eigenvalue weighted by Crippen LogP contribution is 2.08. The van der Waals surface area contributed by atoms with Crippen LogP contribution in [-0.4, -0.2) is 34.4 Å². The van der Waals surface area contributed by atoms with Crippen LogP contribution in [0.1, 0.15) is 13.3 Å². The summed E-state index contributed by atoms with van der Waals surface area (Å²) < 4.78 is 6.77. The molecule has 0 amide bonds. The number of fused-ring (bicyclic) bond motifs is 1. The average Bonchev–Trinajstić information content (AvgIpc) is 2.73. The maximum absolute atomic E-state index is 5.03. The Morgan fingerprint density at radius 2 is 2.38 bits per heavy atom. The first-order valence-electron chi connectivity index (χ1n) is 5.35. The predicted octanol–water partition coefficient (Wildman–Crippen LogP) is 1.57. The highest BCUT2D eigenvalue weighted by Gasteiger charge is 2.03. The molecule has 5 nitrogen and oxygen atoms in total. The summed E-state index contributed by atoms with van der Waals surface area (Å²) in [5.74, 6) is 0.872. The van der Waals surface area contributed by atoms with Crippen molar-refractivity contribution in [2.24, 2.45) is 0 Å². The molecule has 0 saturated carbocycles. The fraction of sp³-hybridized carbons (Fsp3) is 0.455. The molecule has 1 N–H and O–H groups in total. The summed E-state index contributed by atoms with van der Waals surface area (Å²) in [5, 5.41) is 7.42. The van der Waals surface area contributed by atoms with Gasteiger partial charge in [-0.3, -0.25) is 0 Å². The van der Waals surface area contributed by atoms with E-state index >= 15 is 0 Å². The van der Waals surface area contributed by atoms with Gasteiger partial charge in [0.05, 0.1) is 6.20 Å². The Labute approximate surface area is 94.4 Å². The summed E-state index contributed by atoms with van der Waals surface area (Å²) in [7, 11) is 1.71. The number of ether oxygens (including phenoxy) is 1. The highest BCUT2D eigenvalue weighted by molar-refractivity contribution is 5.45. The van der Waals surface area contributed by atoms with Crippen LogP contribution in [0, 0.1) is 0 Å². The van der Waals surface area contributed by atoms with E-state index in [1.165, 1.54) is 0 Å². The van der Waals surface area contributed by atoms with Crippen LogP contribution in [0.3, 0.4) is 0 Å². The second-order valence-electron chi connectivity index (χ2n) is 3.77. The van der Waals surface area contributed by atoms with Crippen molar-refractivity contribution in [2.75, 3.05) is 19.0 Å². The number of aromatic nitrogens is 3. The van der Waals surface area contributed by atoms with E-state index in [-0.39, 0.29) is 0 Å². The minimum Gasteiger partial charge on any atom is -0.385 e. The molecule has 16 heavy (non-hydrogen) atoms. The van der Waals surface area contributed by atoms with Crippen molar-refractivity contribution in [3.8, 4) is 0 Å². The van der Waals surface area contributed by atoms with Gasteiger partial charge in [0.15, 0.2) is 5.65 Å². The Balaban J connectivity index is 2.03. The summed E-state index contributed by atoms with van der Waals surface area (Å²) in [6, 6.07) is 4.15. The zero-order chi connectivity index (χ0) is 11.4. The third kappa shape index (κ3) is 2.49. The first kappa shape index (κ1) is 10.9. The molecular weight excluding hydrogens is 204 g/mol. The topological polar surface area (TPSA) is 51.5 Å². The van der Waals surface area contributed by atoms with Crippen molar-refractivity contribution >= 4 is 11.5 Å². The van der Waals surface area contributed by atoms with E-state index in [2.05, 4.69) is 22.3 Å². The maximum atomic E-state index is 5.03. The third-order valence-corrected chi connectivity index (χ3v) is 2.41. The number of anilines is 1. The SMILES string of the molecule is COCCC(C)Nc1ccn2nccc2n1. The zero-order valence-electron chi connectivity index (χ0n) is 9.55. The summed E-state index contributed by atoms with van der Waals surface area (Å²) in [5.41, 5.74) is 0.851. The van der Waals surface area contributed by atoms with Crippen molar-refractivity contribution in [1.82, 2.24) is 14.6 Å². The molecule has 5 heteroatoms. The van der Waals surface area contributed by atoms with Gasteiger partial charge in [-0.25, -0.2) is 9.50 Å². The van der Waals surface area contributed by atoms with E-state index < -0.39 is 0 Å². The van der Waals surface area contributed by atoms with Crippen LogP contribution in [0.4, 0.5) is 5.82 Å². The Hall–Kier alpha value is -1.62. The normalized spacial score (nSPS) is 12.9. The van der Waals surface area contributed by atoms with Gasteiger partial charge in [0.2, 0.25) is 0 Å². The molecule has 0 bridgehead atoms. The number of hydrogen-bond donors (Lipinski definition) is 1. The summed E-state index contributed by atoms with van der Waals surface area (Å²) in [6.45, 7) is 2.87. The molecule has 0 aromatic carbocycles. The van der Waals surface area contributed by atoms with E-state index in [1.807, 2.05) is 18.3 Å². The molecule has 0 radical (unpaired) electrons. The van der Waals surface area contributed by atoms with Gasteiger partial charge in [-0.1, -0.05) is 0 Å². The summed E-state index contributed by atoms with van der Waals surface area (Å²) >= 11 is 0. The van der Waals surface area contributed by atoms with Gasteiger partial charge in [0.25, 0.3) is 0 Å². The fourth-order valence-electron chi connectivity index (χ4n) is 1.51. The second-order valence-corrected chi connectivity index (χ2v) is 3.77. The molecule has 0 saturated heterocycles. The van der Waals surface area contributed by atoms with Crippen molar-refractivity contribution < 1.29 is 4.74 Å². The first-order chi connectivity index (χ1) is 7.79. The van der Waals surface area contributed by atoms with Gasteiger partial charge in [-0.05, 0) is 19.4 Å². The molecule has 0 aliphatic rings. The quantitative estimate of drug-likeness (QED) is 0.831. The van der Waals surface area contributed by atoms with Gasteiger partial charge in [0, 0.05) is 32.0 Å². The van der Waals surface area contributed by atoms with Crippen molar-refractivity contribution in [1.29, 1.82) is 0 Å². The molecule has 1 unspecified atom stereocenters. The van der Waals surface area contributed by atoms with Gasteiger partial charge in [0.1, 0.15) is 5.82 Å².